The van der Waals surface area contributed by atoms with E-state index in [9.17, 15) is 13.2 Å². The van der Waals surface area contributed by atoms with Crippen LogP contribution < -0.4 is 14.4 Å². The summed E-state index contributed by atoms with van der Waals surface area (Å²) >= 11 is 1.22. The minimum absolute atomic E-state index is 0.273. The van der Waals surface area contributed by atoms with Crippen LogP contribution in [0.15, 0.2) is 54.6 Å². The Morgan fingerprint density at radius 3 is 2.37 bits per heavy atom. The monoisotopic (exact) mass is 446 g/mol. The van der Waals surface area contributed by atoms with Crippen molar-refractivity contribution in [1.29, 1.82) is 0 Å². The first-order valence-electron chi connectivity index (χ1n) is 9.16. The van der Waals surface area contributed by atoms with Gasteiger partial charge in [-0.05, 0) is 30.7 Å². The van der Waals surface area contributed by atoms with Crippen molar-refractivity contribution in [3.8, 4) is 16.3 Å². The van der Waals surface area contributed by atoms with Crippen molar-refractivity contribution in [3.05, 3.63) is 54.6 Å². The van der Waals surface area contributed by atoms with E-state index in [-0.39, 0.29) is 6.42 Å². The maximum Gasteiger partial charge on any atom is 0.250 e. The summed E-state index contributed by atoms with van der Waals surface area (Å²) in [7, 11) is -2.20. The molecule has 0 fully saturated rings. The van der Waals surface area contributed by atoms with Crippen molar-refractivity contribution in [2.45, 2.75) is 19.4 Å². The third kappa shape index (κ3) is 4.95. The normalized spacial score (nSPS) is 12.2. The molecule has 0 unspecified atom stereocenters. The van der Waals surface area contributed by atoms with E-state index < -0.39 is 22.0 Å². The van der Waals surface area contributed by atoms with E-state index in [0.717, 1.165) is 16.1 Å². The number of methoxy groups -OCH3 is 1. The Balaban J connectivity index is 1.85. The van der Waals surface area contributed by atoms with Crippen LogP contribution in [0.4, 0.5) is 10.8 Å². The average molecular weight is 447 g/mol. The van der Waals surface area contributed by atoms with Gasteiger partial charge in [0.15, 0.2) is 0 Å². The Morgan fingerprint density at radius 1 is 1.13 bits per heavy atom. The lowest BCUT2D eigenvalue weighted by atomic mass is 10.2. The van der Waals surface area contributed by atoms with Gasteiger partial charge >= 0.3 is 0 Å². The highest BCUT2D eigenvalue weighted by Crippen LogP contribution is 2.28. The first-order chi connectivity index (χ1) is 14.3. The van der Waals surface area contributed by atoms with Gasteiger partial charge < -0.3 is 4.74 Å². The highest BCUT2D eigenvalue weighted by molar-refractivity contribution is 7.92. The van der Waals surface area contributed by atoms with E-state index in [1.165, 1.54) is 18.4 Å². The summed E-state index contributed by atoms with van der Waals surface area (Å²) in [5.74, 6) is 0.113. The molecule has 10 heteroatoms. The van der Waals surface area contributed by atoms with Crippen molar-refractivity contribution >= 4 is 38.1 Å². The molecule has 3 aromatic rings. The van der Waals surface area contributed by atoms with E-state index in [1.54, 1.807) is 31.2 Å². The SMILES string of the molecule is CC[C@H](C(=O)Nc1nnc(-c2ccccc2)s1)N(c1ccc(OC)cc1)S(C)(=O)=O. The third-order valence-electron chi connectivity index (χ3n) is 4.33. The number of carbonyl (C=O) groups excluding carboxylic acids is 1. The average Bonchev–Trinajstić information content (AvgIpc) is 3.20. The number of ether oxygens (including phenoxy) is 1. The van der Waals surface area contributed by atoms with Gasteiger partial charge in [-0.2, -0.15) is 0 Å². The molecule has 0 aliphatic carbocycles. The molecule has 0 aliphatic heterocycles. The number of amides is 1. The van der Waals surface area contributed by atoms with Gasteiger partial charge in [-0.1, -0.05) is 48.6 Å². The molecule has 0 spiro atoms. The number of anilines is 2. The zero-order valence-corrected chi connectivity index (χ0v) is 18.4. The van der Waals surface area contributed by atoms with Crippen LogP contribution in [-0.2, 0) is 14.8 Å². The number of aromatic nitrogens is 2. The largest absolute Gasteiger partial charge is 0.497 e. The summed E-state index contributed by atoms with van der Waals surface area (Å²) in [6, 6.07) is 15.0. The molecular formula is C20H22N4O4S2. The number of sulfonamides is 1. The lowest BCUT2D eigenvalue weighted by Crippen LogP contribution is -2.46. The lowest BCUT2D eigenvalue weighted by Gasteiger charge is -2.29. The fourth-order valence-corrected chi connectivity index (χ4v) is 4.91. The Morgan fingerprint density at radius 2 is 1.80 bits per heavy atom. The molecule has 8 nitrogen and oxygen atoms in total. The number of hydrogen-bond acceptors (Lipinski definition) is 7. The first-order valence-corrected chi connectivity index (χ1v) is 11.8. The summed E-state index contributed by atoms with van der Waals surface area (Å²) in [5, 5.41) is 11.8. The molecule has 1 amide bonds. The molecule has 0 radical (unpaired) electrons. The molecule has 3 rings (SSSR count). The Kier molecular flexibility index (Phi) is 6.68. The van der Waals surface area contributed by atoms with Crippen LogP contribution in [0, 0.1) is 0 Å². The summed E-state index contributed by atoms with van der Waals surface area (Å²) in [4.78, 5) is 13.0. The second-order valence-corrected chi connectivity index (χ2v) is 9.29. The topological polar surface area (TPSA) is 101 Å². The number of nitrogens with zero attached hydrogens (tertiary/aromatic N) is 3. The van der Waals surface area contributed by atoms with Crippen molar-refractivity contribution in [1.82, 2.24) is 10.2 Å². The highest BCUT2D eigenvalue weighted by atomic mass is 32.2. The molecule has 1 N–H and O–H groups in total. The fourth-order valence-electron chi connectivity index (χ4n) is 2.95. The van der Waals surface area contributed by atoms with Crippen molar-refractivity contribution in [2.24, 2.45) is 0 Å². The van der Waals surface area contributed by atoms with Crippen molar-refractivity contribution in [3.63, 3.8) is 0 Å². The van der Waals surface area contributed by atoms with E-state index in [0.29, 0.717) is 21.6 Å². The van der Waals surface area contributed by atoms with Crippen LogP contribution in [0.2, 0.25) is 0 Å². The zero-order valence-electron chi connectivity index (χ0n) is 16.8. The maximum absolute atomic E-state index is 13.0. The van der Waals surface area contributed by atoms with Gasteiger partial charge in [0.25, 0.3) is 0 Å². The minimum atomic E-state index is -3.72. The molecule has 1 heterocycles. The second-order valence-electron chi connectivity index (χ2n) is 6.45. The molecule has 1 atom stereocenters. The quantitative estimate of drug-likeness (QED) is 0.569. The van der Waals surface area contributed by atoms with Gasteiger partial charge in [-0.25, -0.2) is 8.42 Å². The second kappa shape index (κ2) is 9.23. The molecular weight excluding hydrogens is 424 g/mol. The lowest BCUT2D eigenvalue weighted by molar-refractivity contribution is -0.117. The summed E-state index contributed by atoms with van der Waals surface area (Å²) in [6.07, 6.45) is 1.35. The minimum Gasteiger partial charge on any atom is -0.497 e. The third-order valence-corrected chi connectivity index (χ3v) is 6.40. The number of rotatable bonds is 8. The van der Waals surface area contributed by atoms with Crippen molar-refractivity contribution < 1.29 is 17.9 Å². The number of hydrogen-bond donors (Lipinski definition) is 1. The number of nitrogens with one attached hydrogen (secondary N) is 1. The number of benzene rings is 2. The molecule has 0 saturated carbocycles. The summed E-state index contributed by atoms with van der Waals surface area (Å²) in [5.41, 5.74) is 1.26. The van der Waals surface area contributed by atoms with Gasteiger partial charge in [-0.15, -0.1) is 10.2 Å². The zero-order chi connectivity index (χ0) is 21.7. The predicted molar refractivity (Wildman–Crippen MR) is 118 cm³/mol. The standard InChI is InChI=1S/C20H22N4O4S2/c1-4-17(24(30(3,26)27)15-10-12-16(28-2)13-11-15)18(25)21-20-23-22-19(29-20)14-8-6-5-7-9-14/h5-13,17H,4H2,1-3H3,(H,21,23,25)/t17-/m1/s1. The molecule has 30 heavy (non-hydrogen) atoms. The molecule has 0 saturated heterocycles. The van der Waals surface area contributed by atoms with Gasteiger partial charge in [-0.3, -0.25) is 14.4 Å². The molecule has 0 bridgehead atoms. The Labute approximate surface area is 179 Å². The van der Waals surface area contributed by atoms with Gasteiger partial charge in [0.2, 0.25) is 21.1 Å². The predicted octanol–water partition coefficient (Wildman–Crippen LogP) is 3.40. The van der Waals surface area contributed by atoms with Crippen LogP contribution in [0.1, 0.15) is 13.3 Å². The van der Waals surface area contributed by atoms with Crippen LogP contribution in [-0.4, -0.2) is 43.9 Å². The van der Waals surface area contributed by atoms with E-state index in [4.69, 9.17) is 4.74 Å². The summed E-state index contributed by atoms with van der Waals surface area (Å²) < 4.78 is 31.3. The molecule has 2 aromatic carbocycles. The van der Waals surface area contributed by atoms with Crippen LogP contribution >= 0.6 is 11.3 Å². The van der Waals surface area contributed by atoms with Gasteiger partial charge in [0.1, 0.15) is 16.8 Å². The van der Waals surface area contributed by atoms with Gasteiger partial charge in [0, 0.05) is 5.56 Å². The van der Waals surface area contributed by atoms with E-state index in [1.807, 2.05) is 30.3 Å². The summed E-state index contributed by atoms with van der Waals surface area (Å²) in [6.45, 7) is 1.75. The first kappa shape index (κ1) is 21.7. The maximum atomic E-state index is 13.0. The van der Waals surface area contributed by atoms with E-state index in [2.05, 4.69) is 15.5 Å². The number of carbonyl (C=O) groups is 1. The Hall–Kier alpha value is -2.98. The Bertz CT molecular complexity index is 1100. The molecule has 0 aliphatic rings. The van der Waals surface area contributed by atoms with Gasteiger partial charge in [0.05, 0.1) is 19.1 Å². The van der Waals surface area contributed by atoms with E-state index >= 15 is 0 Å². The van der Waals surface area contributed by atoms with Crippen molar-refractivity contribution in [2.75, 3.05) is 23.0 Å². The molecule has 1 aromatic heterocycles. The fraction of sp³-hybridized carbons (Fsp3) is 0.250. The van der Waals surface area contributed by atoms with Crippen LogP contribution in [0.25, 0.3) is 10.6 Å². The molecule has 158 valence electrons. The highest BCUT2D eigenvalue weighted by Gasteiger charge is 2.32. The smallest absolute Gasteiger partial charge is 0.250 e. The van der Waals surface area contributed by atoms with Crippen LogP contribution in [0.3, 0.4) is 0 Å². The van der Waals surface area contributed by atoms with Crippen LogP contribution in [0.5, 0.6) is 5.75 Å².